The number of anilines is 1. The van der Waals surface area contributed by atoms with Gasteiger partial charge in [-0.1, -0.05) is 12.1 Å². The van der Waals surface area contributed by atoms with Crippen LogP contribution in [0.1, 0.15) is 36.5 Å². The molecule has 1 heterocycles. The highest BCUT2D eigenvalue weighted by Gasteiger charge is 2.49. The SMILES string of the molecule is CCOc1ccc(N2C(=O)CC(N(C(=O)c3ccccc3F)C3CC3)C2=O)cc1. The lowest BCUT2D eigenvalue weighted by atomic mass is 10.1. The lowest BCUT2D eigenvalue weighted by Gasteiger charge is -2.28. The number of hydrogen-bond acceptors (Lipinski definition) is 4. The van der Waals surface area contributed by atoms with E-state index in [9.17, 15) is 18.8 Å². The summed E-state index contributed by atoms with van der Waals surface area (Å²) in [7, 11) is 0. The fraction of sp³-hybridized carbons (Fsp3) is 0.318. The fourth-order valence-electron chi connectivity index (χ4n) is 3.65. The van der Waals surface area contributed by atoms with E-state index >= 15 is 0 Å². The fourth-order valence-corrected chi connectivity index (χ4v) is 3.65. The monoisotopic (exact) mass is 396 g/mol. The molecular weight excluding hydrogens is 375 g/mol. The number of amides is 3. The highest BCUT2D eigenvalue weighted by Crippen LogP contribution is 2.35. The molecule has 4 rings (SSSR count). The van der Waals surface area contributed by atoms with E-state index in [1.54, 1.807) is 30.3 Å². The van der Waals surface area contributed by atoms with Crippen molar-refractivity contribution in [2.24, 2.45) is 0 Å². The maximum absolute atomic E-state index is 14.2. The molecule has 1 aliphatic carbocycles. The summed E-state index contributed by atoms with van der Waals surface area (Å²) in [6.07, 6.45) is 1.37. The van der Waals surface area contributed by atoms with Crippen LogP contribution >= 0.6 is 0 Å². The van der Waals surface area contributed by atoms with Gasteiger partial charge in [0, 0.05) is 6.04 Å². The van der Waals surface area contributed by atoms with E-state index in [0.29, 0.717) is 18.0 Å². The average Bonchev–Trinajstić information content (AvgIpc) is 3.49. The molecule has 2 aromatic carbocycles. The van der Waals surface area contributed by atoms with Crippen LogP contribution in [0.15, 0.2) is 48.5 Å². The standard InChI is InChI=1S/C22H21FN2O4/c1-2-29-16-11-9-15(10-12-16)25-20(26)13-19(22(25)28)24(14-7-8-14)21(27)17-5-3-4-6-18(17)23/h3-6,9-12,14,19H,2,7-8,13H2,1H3. The van der Waals surface area contributed by atoms with Gasteiger partial charge in [-0.05, 0) is 56.2 Å². The van der Waals surface area contributed by atoms with Crippen molar-refractivity contribution in [3.05, 3.63) is 59.9 Å². The van der Waals surface area contributed by atoms with Crippen molar-refractivity contribution < 1.29 is 23.5 Å². The van der Waals surface area contributed by atoms with Gasteiger partial charge in [0.1, 0.15) is 17.6 Å². The minimum atomic E-state index is -0.923. The molecule has 150 valence electrons. The van der Waals surface area contributed by atoms with Gasteiger partial charge < -0.3 is 9.64 Å². The molecule has 0 N–H and O–H groups in total. The molecular formula is C22H21FN2O4. The third-order valence-corrected chi connectivity index (χ3v) is 5.14. The van der Waals surface area contributed by atoms with E-state index in [1.165, 1.54) is 23.1 Å². The summed E-state index contributed by atoms with van der Waals surface area (Å²) in [5.41, 5.74) is 0.346. The van der Waals surface area contributed by atoms with Crippen molar-refractivity contribution in [2.45, 2.75) is 38.3 Å². The zero-order valence-electron chi connectivity index (χ0n) is 16.0. The van der Waals surface area contributed by atoms with Crippen molar-refractivity contribution in [1.82, 2.24) is 4.90 Å². The van der Waals surface area contributed by atoms with Crippen molar-refractivity contribution in [3.63, 3.8) is 0 Å². The molecule has 1 aliphatic heterocycles. The van der Waals surface area contributed by atoms with Crippen LogP contribution in [0.4, 0.5) is 10.1 Å². The highest BCUT2D eigenvalue weighted by atomic mass is 19.1. The second kappa shape index (κ2) is 7.66. The lowest BCUT2D eigenvalue weighted by molar-refractivity contribution is -0.122. The Hall–Kier alpha value is -3.22. The zero-order valence-corrected chi connectivity index (χ0v) is 16.0. The number of ether oxygens (including phenoxy) is 1. The van der Waals surface area contributed by atoms with Crippen LogP contribution in [0, 0.1) is 5.82 Å². The molecule has 2 aliphatic rings. The molecule has 2 fully saturated rings. The van der Waals surface area contributed by atoms with Crippen molar-refractivity contribution in [2.75, 3.05) is 11.5 Å². The Bertz CT molecular complexity index is 956. The maximum Gasteiger partial charge on any atom is 0.257 e. The number of benzene rings is 2. The van der Waals surface area contributed by atoms with Gasteiger partial charge in [0.15, 0.2) is 0 Å². The molecule has 0 aromatic heterocycles. The molecule has 1 saturated heterocycles. The molecule has 1 unspecified atom stereocenters. The van der Waals surface area contributed by atoms with Crippen LogP contribution in [-0.4, -0.2) is 41.3 Å². The molecule has 0 radical (unpaired) electrons. The lowest BCUT2D eigenvalue weighted by Crippen LogP contribution is -2.47. The van der Waals surface area contributed by atoms with Gasteiger partial charge in [0.05, 0.1) is 24.3 Å². The van der Waals surface area contributed by atoms with Gasteiger partial charge in [0.25, 0.3) is 11.8 Å². The number of imide groups is 1. The third-order valence-electron chi connectivity index (χ3n) is 5.14. The number of hydrogen-bond donors (Lipinski definition) is 0. The first-order valence-electron chi connectivity index (χ1n) is 9.68. The van der Waals surface area contributed by atoms with Gasteiger partial charge in [-0.25, -0.2) is 9.29 Å². The van der Waals surface area contributed by atoms with E-state index < -0.39 is 23.7 Å². The van der Waals surface area contributed by atoms with Gasteiger partial charge in [-0.15, -0.1) is 0 Å². The molecule has 0 bridgehead atoms. The van der Waals surface area contributed by atoms with Crippen LogP contribution in [-0.2, 0) is 9.59 Å². The van der Waals surface area contributed by atoms with Gasteiger partial charge in [-0.2, -0.15) is 0 Å². The minimum absolute atomic E-state index is 0.0841. The number of carbonyl (C=O) groups excluding carboxylic acids is 3. The average molecular weight is 396 g/mol. The van der Waals surface area contributed by atoms with Crippen LogP contribution in [0.3, 0.4) is 0 Å². The summed E-state index contributed by atoms with van der Waals surface area (Å²) < 4.78 is 19.6. The Kier molecular flexibility index (Phi) is 5.05. The summed E-state index contributed by atoms with van der Waals surface area (Å²) >= 11 is 0. The first-order valence-corrected chi connectivity index (χ1v) is 9.68. The molecule has 6 nitrogen and oxygen atoms in total. The summed E-state index contributed by atoms with van der Waals surface area (Å²) in [6.45, 7) is 2.38. The number of rotatable bonds is 6. The van der Waals surface area contributed by atoms with Crippen molar-refractivity contribution >= 4 is 23.4 Å². The Labute approximate surface area is 167 Å². The molecule has 1 saturated carbocycles. The molecule has 29 heavy (non-hydrogen) atoms. The van der Waals surface area contributed by atoms with Gasteiger partial charge >= 0.3 is 0 Å². The molecule has 2 aromatic rings. The zero-order chi connectivity index (χ0) is 20.5. The van der Waals surface area contributed by atoms with E-state index in [4.69, 9.17) is 4.74 Å². The summed E-state index contributed by atoms with van der Waals surface area (Å²) in [5.74, 6) is -1.39. The quantitative estimate of drug-likeness (QED) is 0.704. The van der Waals surface area contributed by atoms with Crippen LogP contribution in [0.2, 0.25) is 0 Å². The number of halogens is 1. The van der Waals surface area contributed by atoms with Crippen molar-refractivity contribution in [1.29, 1.82) is 0 Å². The van der Waals surface area contributed by atoms with Crippen LogP contribution < -0.4 is 9.64 Å². The van der Waals surface area contributed by atoms with E-state index in [0.717, 1.165) is 17.7 Å². The predicted molar refractivity (Wildman–Crippen MR) is 104 cm³/mol. The van der Waals surface area contributed by atoms with E-state index in [2.05, 4.69) is 0 Å². The van der Waals surface area contributed by atoms with Crippen LogP contribution in [0.5, 0.6) is 5.75 Å². The van der Waals surface area contributed by atoms with E-state index in [-0.39, 0.29) is 23.9 Å². The molecule has 1 atom stereocenters. The maximum atomic E-state index is 14.2. The summed E-state index contributed by atoms with van der Waals surface area (Å²) in [6, 6.07) is 11.3. The normalized spacial score (nSPS) is 18.8. The number of carbonyl (C=O) groups is 3. The molecule has 7 heteroatoms. The highest BCUT2D eigenvalue weighted by molar-refractivity contribution is 6.23. The Morgan fingerprint density at radius 1 is 1.14 bits per heavy atom. The van der Waals surface area contributed by atoms with Crippen LogP contribution in [0.25, 0.3) is 0 Å². The minimum Gasteiger partial charge on any atom is -0.494 e. The Morgan fingerprint density at radius 2 is 1.83 bits per heavy atom. The first kappa shape index (κ1) is 19.1. The smallest absolute Gasteiger partial charge is 0.257 e. The Morgan fingerprint density at radius 3 is 2.45 bits per heavy atom. The Balaban J connectivity index is 1.61. The largest absolute Gasteiger partial charge is 0.494 e. The second-order valence-corrected chi connectivity index (χ2v) is 7.14. The number of nitrogens with zero attached hydrogens (tertiary/aromatic N) is 2. The van der Waals surface area contributed by atoms with Gasteiger partial charge in [0.2, 0.25) is 5.91 Å². The summed E-state index contributed by atoms with van der Waals surface area (Å²) in [4.78, 5) is 41.3. The topological polar surface area (TPSA) is 66.9 Å². The predicted octanol–water partition coefficient (Wildman–Crippen LogP) is 3.16. The van der Waals surface area contributed by atoms with Gasteiger partial charge in [-0.3, -0.25) is 14.4 Å². The van der Waals surface area contributed by atoms with Crippen molar-refractivity contribution in [3.8, 4) is 5.75 Å². The second-order valence-electron chi connectivity index (χ2n) is 7.14. The molecule has 3 amide bonds. The van der Waals surface area contributed by atoms with E-state index in [1.807, 2.05) is 6.92 Å². The summed E-state index contributed by atoms with van der Waals surface area (Å²) in [5, 5.41) is 0. The third kappa shape index (κ3) is 3.60. The molecule has 0 spiro atoms. The first-order chi connectivity index (χ1) is 14.0.